The summed E-state index contributed by atoms with van der Waals surface area (Å²) in [5.41, 5.74) is 1.11. The molecule has 0 spiro atoms. The van der Waals surface area contributed by atoms with Gasteiger partial charge in [-0.25, -0.2) is 0 Å². The van der Waals surface area contributed by atoms with E-state index in [1.165, 1.54) is 0 Å². The van der Waals surface area contributed by atoms with Crippen molar-refractivity contribution in [1.82, 2.24) is 5.32 Å². The molecule has 0 radical (unpaired) electrons. The second-order valence-corrected chi connectivity index (χ2v) is 5.87. The molecule has 2 amide bonds. The third-order valence-corrected chi connectivity index (χ3v) is 3.88. The van der Waals surface area contributed by atoms with Gasteiger partial charge in [-0.1, -0.05) is 30.3 Å². The highest BCUT2D eigenvalue weighted by Crippen LogP contribution is 2.31. The van der Waals surface area contributed by atoms with Gasteiger partial charge in [-0.2, -0.15) is 0 Å². The highest BCUT2D eigenvalue weighted by atomic mass is 16.5. The van der Waals surface area contributed by atoms with Crippen LogP contribution in [0.25, 0.3) is 0 Å². The molecule has 0 saturated heterocycles. The van der Waals surface area contributed by atoms with Crippen molar-refractivity contribution in [1.29, 1.82) is 0 Å². The third-order valence-electron chi connectivity index (χ3n) is 3.88. The van der Waals surface area contributed by atoms with E-state index in [9.17, 15) is 9.59 Å². The average molecular weight is 376 g/mol. The zero-order valence-electron chi connectivity index (χ0n) is 15.3. The highest BCUT2D eigenvalue weighted by Gasteiger charge is 2.08. The Morgan fingerprint density at radius 1 is 0.821 bits per heavy atom. The van der Waals surface area contributed by atoms with Gasteiger partial charge < -0.3 is 20.1 Å². The van der Waals surface area contributed by atoms with Crippen LogP contribution in [-0.4, -0.2) is 25.5 Å². The van der Waals surface area contributed by atoms with Crippen LogP contribution in [0.4, 0.5) is 5.69 Å². The molecule has 0 saturated carbocycles. The summed E-state index contributed by atoms with van der Waals surface area (Å²) < 4.78 is 11.0. The number of hydrogen-bond acceptors (Lipinski definition) is 4. The predicted molar refractivity (Wildman–Crippen MR) is 107 cm³/mol. The summed E-state index contributed by atoms with van der Waals surface area (Å²) >= 11 is 0. The Hall–Kier alpha value is -3.80. The van der Waals surface area contributed by atoms with E-state index in [1.54, 1.807) is 55.6 Å². The number of para-hydroxylation sites is 2. The Bertz CT molecular complexity index is 940. The first-order chi connectivity index (χ1) is 13.7. The van der Waals surface area contributed by atoms with Gasteiger partial charge in [-0.15, -0.1) is 0 Å². The molecule has 0 unspecified atom stereocenters. The Balaban J connectivity index is 1.52. The van der Waals surface area contributed by atoms with Gasteiger partial charge >= 0.3 is 0 Å². The molecule has 3 aromatic carbocycles. The van der Waals surface area contributed by atoms with Crippen LogP contribution >= 0.6 is 0 Å². The standard InChI is InChI=1S/C22H20N2O4/c1-27-19-9-5-6-10-20(19)28-18-13-11-17(12-14-18)24-21(25)15-23-22(26)16-7-3-2-4-8-16/h2-14H,15H2,1H3,(H,23,26)(H,24,25). The zero-order valence-corrected chi connectivity index (χ0v) is 15.3. The van der Waals surface area contributed by atoms with E-state index in [-0.39, 0.29) is 18.4 Å². The van der Waals surface area contributed by atoms with Crippen LogP contribution in [0, 0.1) is 0 Å². The van der Waals surface area contributed by atoms with Gasteiger partial charge in [-0.3, -0.25) is 9.59 Å². The van der Waals surface area contributed by atoms with E-state index in [0.29, 0.717) is 28.5 Å². The fraction of sp³-hybridized carbons (Fsp3) is 0.0909. The van der Waals surface area contributed by atoms with Crippen LogP contribution < -0.4 is 20.1 Å². The summed E-state index contributed by atoms with van der Waals surface area (Å²) in [6, 6.07) is 23.0. The molecule has 0 aliphatic carbocycles. The average Bonchev–Trinajstić information content (AvgIpc) is 2.74. The lowest BCUT2D eigenvalue weighted by Crippen LogP contribution is -2.32. The maximum Gasteiger partial charge on any atom is 0.251 e. The van der Waals surface area contributed by atoms with Crippen molar-refractivity contribution in [2.45, 2.75) is 0 Å². The minimum absolute atomic E-state index is 0.118. The number of anilines is 1. The Morgan fingerprint density at radius 3 is 2.14 bits per heavy atom. The summed E-state index contributed by atoms with van der Waals surface area (Å²) in [7, 11) is 1.58. The molecule has 0 heterocycles. The molecule has 6 nitrogen and oxygen atoms in total. The fourth-order valence-electron chi connectivity index (χ4n) is 2.49. The van der Waals surface area contributed by atoms with Crippen molar-refractivity contribution < 1.29 is 19.1 Å². The van der Waals surface area contributed by atoms with Crippen molar-refractivity contribution in [2.75, 3.05) is 19.0 Å². The quantitative estimate of drug-likeness (QED) is 0.657. The van der Waals surface area contributed by atoms with Gasteiger partial charge in [0.1, 0.15) is 5.75 Å². The van der Waals surface area contributed by atoms with Gasteiger partial charge in [0.05, 0.1) is 13.7 Å². The number of methoxy groups -OCH3 is 1. The normalized spacial score (nSPS) is 10.0. The number of benzene rings is 3. The van der Waals surface area contributed by atoms with Crippen molar-refractivity contribution in [3.05, 3.63) is 84.4 Å². The number of carbonyl (C=O) groups is 2. The Labute approximate surface area is 163 Å². The molecule has 28 heavy (non-hydrogen) atoms. The molecular weight excluding hydrogens is 356 g/mol. The largest absolute Gasteiger partial charge is 0.493 e. The highest BCUT2D eigenvalue weighted by molar-refractivity contribution is 5.99. The van der Waals surface area contributed by atoms with Crippen LogP contribution in [0.2, 0.25) is 0 Å². The van der Waals surface area contributed by atoms with E-state index >= 15 is 0 Å². The summed E-state index contributed by atoms with van der Waals surface area (Å²) in [5, 5.41) is 5.31. The minimum Gasteiger partial charge on any atom is -0.493 e. The molecule has 6 heteroatoms. The lowest BCUT2D eigenvalue weighted by atomic mass is 10.2. The Morgan fingerprint density at radius 2 is 1.46 bits per heavy atom. The molecule has 0 aliphatic heterocycles. The second kappa shape index (κ2) is 9.23. The van der Waals surface area contributed by atoms with Crippen LogP contribution in [0.5, 0.6) is 17.2 Å². The van der Waals surface area contributed by atoms with E-state index in [4.69, 9.17) is 9.47 Å². The summed E-state index contributed by atoms with van der Waals surface area (Å²) in [6.45, 7) is -0.118. The topological polar surface area (TPSA) is 76.7 Å². The van der Waals surface area contributed by atoms with E-state index < -0.39 is 0 Å². The molecular formula is C22H20N2O4. The van der Waals surface area contributed by atoms with Crippen molar-refractivity contribution >= 4 is 17.5 Å². The first-order valence-corrected chi connectivity index (χ1v) is 8.70. The van der Waals surface area contributed by atoms with Crippen LogP contribution in [0.15, 0.2) is 78.9 Å². The number of hydrogen-bond donors (Lipinski definition) is 2. The molecule has 3 aromatic rings. The molecule has 0 fully saturated rings. The molecule has 0 bridgehead atoms. The summed E-state index contributed by atoms with van der Waals surface area (Å²) in [5.74, 6) is 1.23. The molecule has 0 atom stereocenters. The fourth-order valence-corrected chi connectivity index (χ4v) is 2.49. The molecule has 0 aliphatic rings. The number of nitrogens with one attached hydrogen (secondary N) is 2. The number of carbonyl (C=O) groups excluding carboxylic acids is 2. The van der Waals surface area contributed by atoms with Gasteiger partial charge in [0.15, 0.2) is 11.5 Å². The molecule has 3 rings (SSSR count). The van der Waals surface area contributed by atoms with Crippen LogP contribution in [0.3, 0.4) is 0 Å². The molecule has 0 aromatic heterocycles. The van der Waals surface area contributed by atoms with Gasteiger partial charge in [-0.05, 0) is 48.5 Å². The lowest BCUT2D eigenvalue weighted by molar-refractivity contribution is -0.115. The molecule has 142 valence electrons. The van der Waals surface area contributed by atoms with Crippen molar-refractivity contribution in [3.63, 3.8) is 0 Å². The predicted octanol–water partition coefficient (Wildman–Crippen LogP) is 3.86. The smallest absolute Gasteiger partial charge is 0.251 e. The first kappa shape index (κ1) is 19.0. The summed E-state index contributed by atoms with van der Waals surface area (Å²) in [4.78, 5) is 24.0. The van der Waals surface area contributed by atoms with Crippen LogP contribution in [-0.2, 0) is 4.79 Å². The third kappa shape index (κ3) is 5.11. The van der Waals surface area contributed by atoms with Crippen molar-refractivity contribution in [2.24, 2.45) is 0 Å². The lowest BCUT2D eigenvalue weighted by Gasteiger charge is -2.11. The monoisotopic (exact) mass is 376 g/mol. The van der Waals surface area contributed by atoms with Gasteiger partial charge in [0, 0.05) is 11.3 Å². The first-order valence-electron chi connectivity index (χ1n) is 8.70. The summed E-state index contributed by atoms with van der Waals surface area (Å²) in [6.07, 6.45) is 0. The minimum atomic E-state index is -0.317. The van der Waals surface area contributed by atoms with Crippen molar-refractivity contribution in [3.8, 4) is 17.2 Å². The Kier molecular flexibility index (Phi) is 6.25. The number of ether oxygens (including phenoxy) is 2. The number of amides is 2. The van der Waals surface area contributed by atoms with Gasteiger partial charge in [0.2, 0.25) is 5.91 Å². The maximum absolute atomic E-state index is 12.0. The van der Waals surface area contributed by atoms with Crippen LogP contribution in [0.1, 0.15) is 10.4 Å². The van der Waals surface area contributed by atoms with Gasteiger partial charge in [0.25, 0.3) is 5.91 Å². The SMILES string of the molecule is COc1ccccc1Oc1ccc(NC(=O)CNC(=O)c2ccccc2)cc1. The van der Waals surface area contributed by atoms with E-state index in [0.717, 1.165) is 0 Å². The van der Waals surface area contributed by atoms with E-state index in [1.807, 2.05) is 30.3 Å². The second-order valence-electron chi connectivity index (χ2n) is 5.87. The molecule has 2 N–H and O–H groups in total. The number of rotatable bonds is 7. The maximum atomic E-state index is 12.0. The zero-order chi connectivity index (χ0) is 19.8. The van der Waals surface area contributed by atoms with E-state index in [2.05, 4.69) is 10.6 Å².